The summed E-state index contributed by atoms with van der Waals surface area (Å²) in [4.78, 5) is 0. The van der Waals surface area contributed by atoms with E-state index < -0.39 is 52.7 Å². The number of alkyl halides is 3. The summed E-state index contributed by atoms with van der Waals surface area (Å²) in [7, 11) is 0. The first-order valence-electron chi connectivity index (χ1n) is 10.5. The molecule has 4 rings (SSSR count). The molecule has 3 aromatic rings. The van der Waals surface area contributed by atoms with Crippen LogP contribution < -0.4 is 4.74 Å². The van der Waals surface area contributed by atoms with Gasteiger partial charge in [-0.3, -0.25) is 0 Å². The van der Waals surface area contributed by atoms with Gasteiger partial charge < -0.3 is 4.74 Å². The lowest BCUT2D eigenvalue weighted by Gasteiger charge is -2.20. The zero-order chi connectivity index (χ0) is 26.2. The molecule has 0 fully saturated rings. The van der Waals surface area contributed by atoms with Crippen LogP contribution >= 0.6 is 0 Å². The second-order valence-corrected chi connectivity index (χ2v) is 8.01. The third kappa shape index (κ3) is 5.05. The van der Waals surface area contributed by atoms with Gasteiger partial charge in [0.1, 0.15) is 29.1 Å². The highest BCUT2D eigenvalue weighted by Gasteiger charge is 2.41. The van der Waals surface area contributed by atoms with Gasteiger partial charge >= 0.3 is 6.11 Å². The second-order valence-electron chi connectivity index (χ2n) is 8.01. The average molecular weight is 508 g/mol. The summed E-state index contributed by atoms with van der Waals surface area (Å²) >= 11 is 0. The number of hydrogen-bond acceptors (Lipinski definition) is 1. The highest BCUT2D eigenvalue weighted by Crippen LogP contribution is 2.38. The Bertz CT molecular complexity index is 1360. The van der Waals surface area contributed by atoms with Gasteiger partial charge in [0.05, 0.1) is 0 Å². The molecule has 1 unspecified atom stereocenters. The number of halogens is 8. The third-order valence-electron chi connectivity index (χ3n) is 5.44. The SMILES string of the molecule is Cc1ccc(C2=CC=C(c3cc(F)c(C(F)(F)Oc4cc(F)c(F)c(F)c4)c(F)c3)C(F)C=C2)cc1. The molecule has 0 radical (unpaired) electrons. The number of benzene rings is 3. The first-order chi connectivity index (χ1) is 17.0. The Morgan fingerprint density at radius 3 is 1.92 bits per heavy atom. The van der Waals surface area contributed by atoms with Crippen molar-refractivity contribution in [3.63, 3.8) is 0 Å². The van der Waals surface area contributed by atoms with E-state index in [0.29, 0.717) is 17.7 Å². The van der Waals surface area contributed by atoms with Gasteiger partial charge in [-0.05, 0) is 47.4 Å². The van der Waals surface area contributed by atoms with Crippen molar-refractivity contribution in [1.29, 1.82) is 0 Å². The molecular weight excluding hydrogens is 492 g/mol. The predicted molar refractivity (Wildman–Crippen MR) is 118 cm³/mol. The third-order valence-corrected chi connectivity index (χ3v) is 5.44. The van der Waals surface area contributed by atoms with Gasteiger partial charge in [0.25, 0.3) is 0 Å². The molecule has 186 valence electrons. The van der Waals surface area contributed by atoms with Crippen molar-refractivity contribution >= 4 is 11.1 Å². The van der Waals surface area contributed by atoms with Gasteiger partial charge in [-0.2, -0.15) is 8.78 Å². The molecule has 0 bridgehead atoms. The van der Waals surface area contributed by atoms with E-state index in [1.165, 1.54) is 18.2 Å². The molecule has 1 atom stereocenters. The zero-order valence-electron chi connectivity index (χ0n) is 18.4. The van der Waals surface area contributed by atoms with Crippen LogP contribution in [0.15, 0.2) is 72.8 Å². The number of rotatable bonds is 5. The van der Waals surface area contributed by atoms with Crippen LogP contribution in [0.4, 0.5) is 35.1 Å². The molecule has 0 spiro atoms. The quantitative estimate of drug-likeness (QED) is 0.249. The maximum atomic E-state index is 14.8. The Labute approximate surface area is 200 Å². The first-order valence-corrected chi connectivity index (χ1v) is 10.5. The fourth-order valence-corrected chi connectivity index (χ4v) is 3.62. The molecule has 0 saturated carbocycles. The molecule has 36 heavy (non-hydrogen) atoms. The summed E-state index contributed by atoms with van der Waals surface area (Å²) in [5.41, 5.74) is -0.0132. The highest BCUT2D eigenvalue weighted by atomic mass is 19.3. The Morgan fingerprint density at radius 1 is 0.750 bits per heavy atom. The van der Waals surface area contributed by atoms with Crippen LogP contribution in [0.5, 0.6) is 5.75 Å². The van der Waals surface area contributed by atoms with Crippen LogP contribution in [0.3, 0.4) is 0 Å². The van der Waals surface area contributed by atoms with E-state index in [9.17, 15) is 35.1 Å². The van der Waals surface area contributed by atoms with Gasteiger partial charge in [-0.15, -0.1) is 0 Å². The van der Waals surface area contributed by atoms with Crippen molar-refractivity contribution in [1.82, 2.24) is 0 Å². The summed E-state index contributed by atoms with van der Waals surface area (Å²) in [5, 5.41) is 0. The largest absolute Gasteiger partial charge is 0.432 e. The van der Waals surface area contributed by atoms with E-state index in [-0.39, 0.29) is 23.3 Å². The lowest BCUT2D eigenvalue weighted by atomic mass is 9.98. The maximum absolute atomic E-state index is 14.8. The monoisotopic (exact) mass is 508 g/mol. The smallest absolute Gasteiger partial charge is 0.429 e. The van der Waals surface area contributed by atoms with Crippen molar-refractivity contribution < 1.29 is 39.9 Å². The molecule has 0 N–H and O–H groups in total. The van der Waals surface area contributed by atoms with Crippen LogP contribution in [0.2, 0.25) is 0 Å². The average Bonchev–Trinajstić information content (AvgIpc) is 2.98. The van der Waals surface area contributed by atoms with Gasteiger partial charge in [-0.25, -0.2) is 26.3 Å². The van der Waals surface area contributed by atoms with Crippen LogP contribution in [-0.2, 0) is 6.11 Å². The maximum Gasteiger partial charge on any atom is 0.432 e. The summed E-state index contributed by atoms with van der Waals surface area (Å²) in [6.07, 6.45) is -1.10. The van der Waals surface area contributed by atoms with E-state index in [4.69, 9.17) is 0 Å². The summed E-state index contributed by atoms with van der Waals surface area (Å²) in [6, 6.07) is 8.53. The zero-order valence-corrected chi connectivity index (χ0v) is 18.4. The minimum Gasteiger partial charge on any atom is -0.429 e. The lowest BCUT2D eigenvalue weighted by molar-refractivity contribution is -0.189. The van der Waals surface area contributed by atoms with Crippen molar-refractivity contribution in [3.8, 4) is 5.75 Å². The van der Waals surface area contributed by atoms with Crippen LogP contribution in [-0.4, -0.2) is 6.17 Å². The molecule has 0 heterocycles. The van der Waals surface area contributed by atoms with Crippen LogP contribution in [0.1, 0.15) is 22.3 Å². The van der Waals surface area contributed by atoms with E-state index in [0.717, 1.165) is 17.2 Å². The molecule has 0 saturated heterocycles. The molecule has 1 aliphatic rings. The van der Waals surface area contributed by atoms with E-state index >= 15 is 0 Å². The number of ether oxygens (including phenoxy) is 1. The van der Waals surface area contributed by atoms with E-state index in [1.54, 1.807) is 0 Å². The molecule has 3 aromatic carbocycles. The lowest BCUT2D eigenvalue weighted by Crippen LogP contribution is -2.25. The van der Waals surface area contributed by atoms with Crippen molar-refractivity contribution in [3.05, 3.63) is 124 Å². The molecular formula is C27H16F8O. The van der Waals surface area contributed by atoms with E-state index in [1.807, 2.05) is 31.2 Å². The Morgan fingerprint density at radius 2 is 1.33 bits per heavy atom. The topological polar surface area (TPSA) is 9.23 Å². The van der Waals surface area contributed by atoms with Gasteiger partial charge in [-0.1, -0.05) is 48.1 Å². The van der Waals surface area contributed by atoms with Crippen molar-refractivity contribution in [2.45, 2.75) is 19.2 Å². The molecule has 1 nitrogen and oxygen atoms in total. The molecule has 0 aromatic heterocycles. The normalized spacial score (nSPS) is 15.9. The first kappa shape index (κ1) is 25.2. The fourth-order valence-electron chi connectivity index (χ4n) is 3.62. The van der Waals surface area contributed by atoms with Gasteiger partial charge in [0.15, 0.2) is 17.5 Å². The number of allylic oxidation sites excluding steroid dienone is 6. The predicted octanol–water partition coefficient (Wildman–Crippen LogP) is 8.19. The molecule has 0 aliphatic heterocycles. The van der Waals surface area contributed by atoms with Gasteiger partial charge in [0.2, 0.25) is 0 Å². The van der Waals surface area contributed by atoms with Gasteiger partial charge in [0, 0.05) is 12.1 Å². The summed E-state index contributed by atoms with van der Waals surface area (Å²) in [6.45, 7) is 1.90. The number of aryl methyl sites for hydroxylation is 1. The highest BCUT2D eigenvalue weighted by molar-refractivity contribution is 5.82. The summed E-state index contributed by atoms with van der Waals surface area (Å²) < 4.78 is 117. The fraction of sp³-hybridized carbons (Fsp3) is 0.111. The Hall–Kier alpha value is -3.88. The van der Waals surface area contributed by atoms with E-state index in [2.05, 4.69) is 4.74 Å². The minimum atomic E-state index is -4.74. The summed E-state index contributed by atoms with van der Waals surface area (Å²) in [5.74, 6) is -10.4. The second kappa shape index (κ2) is 9.64. The van der Waals surface area contributed by atoms with Crippen molar-refractivity contribution in [2.24, 2.45) is 0 Å². The molecule has 1 aliphatic carbocycles. The Kier molecular flexibility index (Phi) is 6.75. The standard InChI is InChI=1S/C27H16F8O/c1-14-2-4-15(5-3-14)16-6-8-19(20(28)9-7-16)17-10-21(29)25(22(30)11-17)27(34,35)36-18-12-23(31)26(33)24(32)13-18/h2-13,20H,1H3. The number of hydrogen-bond donors (Lipinski definition) is 0. The molecule has 9 heteroatoms. The van der Waals surface area contributed by atoms with Crippen molar-refractivity contribution in [2.75, 3.05) is 0 Å². The molecule has 0 amide bonds. The minimum absolute atomic E-state index is 0.102. The van der Waals surface area contributed by atoms with Crippen LogP contribution in [0.25, 0.3) is 11.1 Å². The Balaban J connectivity index is 1.68. The van der Waals surface area contributed by atoms with Crippen LogP contribution in [0, 0.1) is 36.0 Å².